The van der Waals surface area contributed by atoms with Crippen LogP contribution in [0.15, 0.2) is 0 Å². The van der Waals surface area contributed by atoms with E-state index < -0.39 is 0 Å². The van der Waals surface area contributed by atoms with Crippen LogP contribution in [0.2, 0.25) is 0 Å². The molecule has 0 bridgehead atoms. The Labute approximate surface area is 140 Å². The third kappa shape index (κ3) is 4.47. The summed E-state index contributed by atoms with van der Waals surface area (Å²) in [6, 6.07) is 0.343. The maximum Gasteiger partial charge on any atom is 0.220 e. The Kier molecular flexibility index (Phi) is 5.93. The molecule has 22 heavy (non-hydrogen) atoms. The lowest BCUT2D eigenvalue weighted by molar-refractivity contribution is -0.119. The number of rotatable bonds is 7. The van der Waals surface area contributed by atoms with E-state index >= 15 is 0 Å². The molecule has 2 aliphatic rings. The Balaban J connectivity index is 1.79. The lowest BCUT2D eigenvalue weighted by Crippen LogP contribution is -2.46. The molecule has 0 spiro atoms. The summed E-state index contributed by atoms with van der Waals surface area (Å²) in [7, 11) is 0. The minimum atomic E-state index is 0.105. The minimum Gasteiger partial charge on any atom is -0.353 e. The summed E-state index contributed by atoms with van der Waals surface area (Å²) in [6.07, 6.45) is 7.96. The number of halogens is 1. The lowest BCUT2D eigenvalue weighted by Gasteiger charge is -2.43. The van der Waals surface area contributed by atoms with E-state index in [4.69, 9.17) is 17.0 Å². The van der Waals surface area contributed by atoms with Gasteiger partial charge in [0.15, 0.2) is 0 Å². The normalized spacial score (nSPS) is 35.8. The Morgan fingerprint density at radius 2 is 2.23 bits per heavy atom. The van der Waals surface area contributed by atoms with Crippen molar-refractivity contribution in [2.45, 2.75) is 83.6 Å². The zero-order valence-electron chi connectivity index (χ0n) is 14.3. The molecule has 5 atom stereocenters. The lowest BCUT2D eigenvalue weighted by atomic mass is 9.63. The van der Waals surface area contributed by atoms with Gasteiger partial charge in [-0.2, -0.15) is 0 Å². The van der Waals surface area contributed by atoms with Crippen LogP contribution in [-0.2, 0) is 4.79 Å². The molecule has 0 radical (unpaired) electrons. The number of carbonyl (C=O) groups is 1. The van der Waals surface area contributed by atoms with E-state index in [1.807, 2.05) is 6.92 Å². The molecule has 0 aromatic rings. The largest absolute Gasteiger partial charge is 0.353 e. The van der Waals surface area contributed by atoms with Crippen molar-refractivity contribution in [3.8, 4) is 0 Å². The van der Waals surface area contributed by atoms with Crippen molar-refractivity contribution >= 4 is 23.2 Å². The standard InChI is InChI=1S/C18H31ClN2O/c1-12-8-14(9-15(20)7-5-4-6-13(2)19)10-18(3)11-16(22)21-17(12)18/h12-14,17,20H,4-11H2,1-3H3,(H,21,22). The second kappa shape index (κ2) is 7.33. The highest BCUT2D eigenvalue weighted by Crippen LogP contribution is 2.48. The third-order valence-electron chi connectivity index (χ3n) is 5.53. The maximum absolute atomic E-state index is 11.8. The van der Waals surface area contributed by atoms with E-state index in [0.717, 1.165) is 50.7 Å². The van der Waals surface area contributed by atoms with Crippen molar-refractivity contribution in [2.75, 3.05) is 0 Å². The molecular weight excluding hydrogens is 296 g/mol. The van der Waals surface area contributed by atoms with Gasteiger partial charge in [0.1, 0.15) is 0 Å². The monoisotopic (exact) mass is 326 g/mol. The Bertz CT molecular complexity index is 423. The molecule has 0 aromatic carbocycles. The molecule has 2 N–H and O–H groups in total. The third-order valence-corrected chi connectivity index (χ3v) is 5.74. The van der Waals surface area contributed by atoms with Crippen LogP contribution in [0, 0.1) is 22.7 Å². The SMILES string of the molecule is CC(Cl)CCCCC(=N)CC1CC(C)C2NC(=O)CC2(C)C1. The van der Waals surface area contributed by atoms with Crippen molar-refractivity contribution in [3.05, 3.63) is 0 Å². The number of hydrogen-bond donors (Lipinski definition) is 2. The number of unbranched alkanes of at least 4 members (excludes halogenated alkanes) is 1. The summed E-state index contributed by atoms with van der Waals surface area (Å²) < 4.78 is 0. The van der Waals surface area contributed by atoms with Gasteiger partial charge in [-0.1, -0.05) is 20.3 Å². The molecule has 1 aliphatic carbocycles. The van der Waals surface area contributed by atoms with Crippen molar-refractivity contribution in [2.24, 2.45) is 17.3 Å². The van der Waals surface area contributed by atoms with Gasteiger partial charge in [-0.15, -0.1) is 11.6 Å². The van der Waals surface area contributed by atoms with Crippen molar-refractivity contribution in [1.82, 2.24) is 5.32 Å². The number of nitrogens with one attached hydrogen (secondary N) is 2. The van der Waals surface area contributed by atoms with E-state index in [0.29, 0.717) is 24.3 Å². The molecule has 4 heteroatoms. The summed E-state index contributed by atoms with van der Waals surface area (Å²) in [5.41, 5.74) is 0.993. The van der Waals surface area contributed by atoms with E-state index in [1.165, 1.54) is 0 Å². The van der Waals surface area contributed by atoms with Crippen LogP contribution in [0.1, 0.15) is 72.1 Å². The first-order valence-corrected chi connectivity index (χ1v) is 9.23. The molecule has 1 amide bonds. The maximum atomic E-state index is 11.8. The average Bonchev–Trinajstić information content (AvgIpc) is 2.69. The van der Waals surface area contributed by atoms with Gasteiger partial charge >= 0.3 is 0 Å². The highest BCUT2D eigenvalue weighted by Gasteiger charge is 2.49. The molecular formula is C18H31ClN2O. The van der Waals surface area contributed by atoms with Crippen LogP contribution in [0.25, 0.3) is 0 Å². The molecule has 5 unspecified atom stereocenters. The highest BCUT2D eigenvalue weighted by molar-refractivity contribution is 6.20. The summed E-state index contributed by atoms with van der Waals surface area (Å²) in [5.74, 6) is 1.31. The molecule has 0 aromatic heterocycles. The van der Waals surface area contributed by atoms with E-state index in [1.54, 1.807) is 0 Å². The summed E-state index contributed by atoms with van der Waals surface area (Å²) in [5, 5.41) is 11.7. The van der Waals surface area contributed by atoms with Crippen molar-refractivity contribution in [3.63, 3.8) is 0 Å². The predicted molar refractivity (Wildman–Crippen MR) is 92.7 cm³/mol. The fraction of sp³-hybridized carbons (Fsp3) is 0.889. The smallest absolute Gasteiger partial charge is 0.220 e. The quantitative estimate of drug-likeness (QED) is 0.403. The number of fused-ring (bicyclic) bond motifs is 1. The molecule has 1 saturated heterocycles. The first kappa shape index (κ1) is 17.8. The zero-order chi connectivity index (χ0) is 16.3. The van der Waals surface area contributed by atoms with Crippen molar-refractivity contribution in [1.29, 1.82) is 5.41 Å². The van der Waals surface area contributed by atoms with E-state index in [2.05, 4.69) is 19.2 Å². The molecule has 1 saturated carbocycles. The van der Waals surface area contributed by atoms with Gasteiger partial charge in [0.2, 0.25) is 5.91 Å². The molecule has 3 nitrogen and oxygen atoms in total. The number of amides is 1. The summed E-state index contributed by atoms with van der Waals surface area (Å²) >= 11 is 5.96. The van der Waals surface area contributed by atoms with Gasteiger partial charge in [0, 0.05) is 23.6 Å². The molecule has 2 rings (SSSR count). The summed E-state index contributed by atoms with van der Waals surface area (Å²) in [6.45, 7) is 6.54. The summed E-state index contributed by atoms with van der Waals surface area (Å²) in [4.78, 5) is 11.8. The van der Waals surface area contributed by atoms with E-state index in [9.17, 15) is 4.79 Å². The van der Waals surface area contributed by atoms with E-state index in [-0.39, 0.29) is 16.7 Å². The van der Waals surface area contributed by atoms with Gasteiger partial charge in [0.05, 0.1) is 0 Å². The van der Waals surface area contributed by atoms with Gasteiger partial charge in [-0.25, -0.2) is 0 Å². The Morgan fingerprint density at radius 1 is 1.50 bits per heavy atom. The first-order valence-electron chi connectivity index (χ1n) is 8.80. The number of alkyl halides is 1. The Morgan fingerprint density at radius 3 is 2.91 bits per heavy atom. The second-order valence-corrected chi connectivity index (χ2v) is 8.74. The van der Waals surface area contributed by atoms with Crippen molar-refractivity contribution < 1.29 is 4.79 Å². The molecule has 126 valence electrons. The van der Waals surface area contributed by atoms with Crippen LogP contribution >= 0.6 is 11.6 Å². The first-order chi connectivity index (χ1) is 10.3. The second-order valence-electron chi connectivity index (χ2n) is 7.99. The van der Waals surface area contributed by atoms with Gasteiger partial charge < -0.3 is 10.7 Å². The Hall–Kier alpha value is -0.570. The topological polar surface area (TPSA) is 53.0 Å². The molecule has 2 fully saturated rings. The zero-order valence-corrected chi connectivity index (χ0v) is 15.0. The van der Waals surface area contributed by atoms with Gasteiger partial charge in [-0.05, 0) is 62.7 Å². The fourth-order valence-corrected chi connectivity index (χ4v) is 4.83. The van der Waals surface area contributed by atoms with Gasteiger partial charge in [0.25, 0.3) is 0 Å². The minimum absolute atomic E-state index is 0.105. The van der Waals surface area contributed by atoms with Crippen LogP contribution in [-0.4, -0.2) is 23.0 Å². The highest BCUT2D eigenvalue weighted by atomic mass is 35.5. The molecule has 1 aliphatic heterocycles. The van der Waals surface area contributed by atoms with Crippen LogP contribution < -0.4 is 5.32 Å². The number of hydrogen-bond acceptors (Lipinski definition) is 2. The van der Waals surface area contributed by atoms with Crippen LogP contribution in [0.3, 0.4) is 0 Å². The van der Waals surface area contributed by atoms with Crippen LogP contribution in [0.5, 0.6) is 0 Å². The number of carbonyl (C=O) groups excluding carboxylic acids is 1. The average molecular weight is 327 g/mol. The fourth-order valence-electron chi connectivity index (χ4n) is 4.68. The predicted octanol–water partition coefficient (Wildman–Crippen LogP) is 4.52. The molecule has 1 heterocycles. The van der Waals surface area contributed by atoms with Crippen LogP contribution in [0.4, 0.5) is 0 Å². The van der Waals surface area contributed by atoms with Gasteiger partial charge in [-0.3, -0.25) is 4.79 Å².